The zero-order valence-electron chi connectivity index (χ0n) is 11.1. The number of ether oxygens (including phenoxy) is 1. The normalized spacial score (nSPS) is 20.8. The highest BCUT2D eigenvalue weighted by atomic mass is 35.5. The van der Waals surface area contributed by atoms with Crippen molar-refractivity contribution in [2.75, 3.05) is 11.5 Å². The van der Waals surface area contributed by atoms with Crippen molar-refractivity contribution in [2.24, 2.45) is 0 Å². The van der Waals surface area contributed by atoms with Crippen molar-refractivity contribution in [1.29, 1.82) is 0 Å². The second-order valence-corrected chi connectivity index (χ2v) is 6.51. The molecule has 104 valence electrons. The molecule has 1 aliphatic rings. The standard InChI is InChI=1S/C15H19ClO2S/c1-11(6-7-17)12-4-5-15(14(16)9-12)18-13-3-2-8-19-10-13/h4-5,7,9,11,13H,2-3,6,8,10H2,1H3. The first kappa shape index (κ1) is 14.7. The van der Waals surface area contributed by atoms with E-state index in [2.05, 4.69) is 0 Å². The summed E-state index contributed by atoms with van der Waals surface area (Å²) in [6.07, 6.45) is 4.06. The van der Waals surface area contributed by atoms with E-state index in [1.165, 1.54) is 12.2 Å². The van der Waals surface area contributed by atoms with Gasteiger partial charge in [-0.3, -0.25) is 0 Å². The number of benzene rings is 1. The SMILES string of the molecule is CC(CC=O)c1ccc(OC2CCCSC2)c(Cl)c1. The maximum atomic E-state index is 10.5. The first-order valence-electron chi connectivity index (χ1n) is 6.68. The summed E-state index contributed by atoms with van der Waals surface area (Å²) < 4.78 is 5.96. The van der Waals surface area contributed by atoms with Gasteiger partial charge in [0.25, 0.3) is 0 Å². The highest BCUT2D eigenvalue weighted by Crippen LogP contribution is 2.31. The topological polar surface area (TPSA) is 26.3 Å². The van der Waals surface area contributed by atoms with Gasteiger partial charge in [-0.15, -0.1) is 0 Å². The van der Waals surface area contributed by atoms with Crippen LogP contribution in [0.3, 0.4) is 0 Å². The van der Waals surface area contributed by atoms with Gasteiger partial charge in [0.2, 0.25) is 0 Å². The second-order valence-electron chi connectivity index (χ2n) is 4.95. The lowest BCUT2D eigenvalue weighted by Crippen LogP contribution is -2.23. The van der Waals surface area contributed by atoms with E-state index in [4.69, 9.17) is 16.3 Å². The van der Waals surface area contributed by atoms with Gasteiger partial charge >= 0.3 is 0 Å². The van der Waals surface area contributed by atoms with Gasteiger partial charge in [-0.05, 0) is 42.2 Å². The molecule has 0 radical (unpaired) electrons. The minimum atomic E-state index is 0.203. The molecular formula is C15H19ClO2S. The fourth-order valence-electron chi connectivity index (χ4n) is 2.18. The summed E-state index contributed by atoms with van der Waals surface area (Å²) in [6, 6.07) is 5.85. The molecule has 2 unspecified atom stereocenters. The third-order valence-corrected chi connectivity index (χ3v) is 4.87. The molecule has 0 aliphatic carbocycles. The lowest BCUT2D eigenvalue weighted by molar-refractivity contribution is -0.108. The number of halogens is 1. The van der Waals surface area contributed by atoms with Gasteiger partial charge in [0.05, 0.1) is 5.02 Å². The molecule has 1 saturated heterocycles. The Bertz CT molecular complexity index is 430. The van der Waals surface area contributed by atoms with Crippen LogP contribution in [0.4, 0.5) is 0 Å². The highest BCUT2D eigenvalue weighted by molar-refractivity contribution is 7.99. The van der Waals surface area contributed by atoms with E-state index in [-0.39, 0.29) is 12.0 Å². The largest absolute Gasteiger partial charge is 0.488 e. The molecule has 1 aromatic rings. The first-order valence-corrected chi connectivity index (χ1v) is 8.21. The van der Waals surface area contributed by atoms with Crippen molar-refractivity contribution in [3.05, 3.63) is 28.8 Å². The molecule has 0 spiro atoms. The first-order chi connectivity index (χ1) is 9.20. The highest BCUT2D eigenvalue weighted by Gasteiger charge is 2.17. The number of carbonyl (C=O) groups excluding carboxylic acids is 1. The van der Waals surface area contributed by atoms with Crippen LogP contribution in [-0.4, -0.2) is 23.9 Å². The van der Waals surface area contributed by atoms with Crippen molar-refractivity contribution < 1.29 is 9.53 Å². The second kappa shape index (κ2) is 7.20. The van der Waals surface area contributed by atoms with E-state index in [0.29, 0.717) is 11.4 Å². The maximum Gasteiger partial charge on any atom is 0.138 e. The van der Waals surface area contributed by atoms with Crippen molar-refractivity contribution in [1.82, 2.24) is 0 Å². The maximum absolute atomic E-state index is 10.5. The summed E-state index contributed by atoms with van der Waals surface area (Å²) >= 11 is 8.21. The molecule has 2 rings (SSSR count). The summed E-state index contributed by atoms with van der Waals surface area (Å²) in [6.45, 7) is 2.03. The molecule has 0 bridgehead atoms. The summed E-state index contributed by atoms with van der Waals surface area (Å²) in [5.74, 6) is 3.24. The lowest BCUT2D eigenvalue weighted by atomic mass is 9.98. The molecule has 1 heterocycles. The molecule has 0 aromatic heterocycles. The third-order valence-electron chi connectivity index (χ3n) is 3.39. The zero-order valence-corrected chi connectivity index (χ0v) is 12.7. The molecule has 2 nitrogen and oxygen atoms in total. The van der Waals surface area contributed by atoms with E-state index in [0.717, 1.165) is 29.8 Å². The average molecular weight is 299 g/mol. The van der Waals surface area contributed by atoms with E-state index in [1.807, 2.05) is 36.9 Å². The molecule has 2 atom stereocenters. The van der Waals surface area contributed by atoms with E-state index in [9.17, 15) is 4.79 Å². The Labute approximate surface area is 123 Å². The molecule has 1 aromatic carbocycles. The number of thioether (sulfide) groups is 1. The molecule has 19 heavy (non-hydrogen) atoms. The fraction of sp³-hybridized carbons (Fsp3) is 0.533. The summed E-state index contributed by atoms with van der Waals surface area (Å²) in [5, 5.41) is 0.644. The number of carbonyl (C=O) groups is 1. The van der Waals surface area contributed by atoms with Crippen LogP contribution in [0.2, 0.25) is 5.02 Å². The molecule has 4 heteroatoms. The Morgan fingerprint density at radius 3 is 3.05 bits per heavy atom. The monoisotopic (exact) mass is 298 g/mol. The molecule has 1 fully saturated rings. The number of aldehydes is 1. The van der Waals surface area contributed by atoms with Crippen molar-refractivity contribution in [3.8, 4) is 5.75 Å². The van der Waals surface area contributed by atoms with Gasteiger partial charge in [0, 0.05) is 12.2 Å². The molecule has 0 amide bonds. The molecule has 0 saturated carbocycles. The summed E-state index contributed by atoms with van der Waals surface area (Å²) in [4.78, 5) is 10.5. The van der Waals surface area contributed by atoms with Crippen LogP contribution in [-0.2, 0) is 4.79 Å². The van der Waals surface area contributed by atoms with Gasteiger partial charge in [0.15, 0.2) is 0 Å². The van der Waals surface area contributed by atoms with Gasteiger partial charge in [-0.1, -0.05) is 24.6 Å². The quantitative estimate of drug-likeness (QED) is 0.758. The molecule has 1 aliphatic heterocycles. The Morgan fingerprint density at radius 2 is 2.42 bits per heavy atom. The number of hydrogen-bond donors (Lipinski definition) is 0. The van der Waals surface area contributed by atoms with Crippen LogP contribution in [0.15, 0.2) is 18.2 Å². The van der Waals surface area contributed by atoms with Gasteiger partial charge in [-0.25, -0.2) is 0 Å². The Hall–Kier alpha value is -0.670. The van der Waals surface area contributed by atoms with Gasteiger partial charge in [0.1, 0.15) is 18.1 Å². The molecule has 0 N–H and O–H groups in total. The van der Waals surface area contributed by atoms with Gasteiger partial charge < -0.3 is 9.53 Å². The minimum absolute atomic E-state index is 0.203. The van der Waals surface area contributed by atoms with Crippen LogP contribution in [0.5, 0.6) is 5.75 Å². The Balaban J connectivity index is 2.03. The summed E-state index contributed by atoms with van der Waals surface area (Å²) in [5.41, 5.74) is 1.09. The van der Waals surface area contributed by atoms with Crippen LogP contribution in [0.1, 0.15) is 37.7 Å². The van der Waals surface area contributed by atoms with E-state index >= 15 is 0 Å². The van der Waals surface area contributed by atoms with E-state index < -0.39 is 0 Å². The zero-order chi connectivity index (χ0) is 13.7. The van der Waals surface area contributed by atoms with E-state index in [1.54, 1.807) is 0 Å². The lowest BCUT2D eigenvalue weighted by Gasteiger charge is -2.23. The number of hydrogen-bond acceptors (Lipinski definition) is 3. The predicted octanol–water partition coefficient (Wildman–Crippen LogP) is 4.31. The van der Waals surface area contributed by atoms with Crippen LogP contribution < -0.4 is 4.74 Å². The average Bonchev–Trinajstić information content (AvgIpc) is 2.42. The Morgan fingerprint density at radius 1 is 1.58 bits per heavy atom. The van der Waals surface area contributed by atoms with Crippen LogP contribution in [0.25, 0.3) is 0 Å². The predicted molar refractivity (Wildman–Crippen MR) is 81.5 cm³/mol. The summed E-state index contributed by atoms with van der Waals surface area (Å²) in [7, 11) is 0. The van der Waals surface area contributed by atoms with Crippen LogP contribution >= 0.6 is 23.4 Å². The van der Waals surface area contributed by atoms with Crippen molar-refractivity contribution in [3.63, 3.8) is 0 Å². The van der Waals surface area contributed by atoms with Crippen molar-refractivity contribution in [2.45, 2.75) is 38.2 Å². The van der Waals surface area contributed by atoms with Crippen molar-refractivity contribution >= 4 is 29.6 Å². The molecular weight excluding hydrogens is 280 g/mol. The van der Waals surface area contributed by atoms with Gasteiger partial charge in [-0.2, -0.15) is 11.8 Å². The fourth-order valence-corrected chi connectivity index (χ4v) is 3.45. The number of rotatable bonds is 5. The minimum Gasteiger partial charge on any atom is -0.488 e. The smallest absolute Gasteiger partial charge is 0.138 e. The third kappa shape index (κ3) is 4.15. The van der Waals surface area contributed by atoms with Crippen LogP contribution in [0, 0.1) is 0 Å². The Kier molecular flexibility index (Phi) is 5.59.